The van der Waals surface area contributed by atoms with Crippen LogP contribution in [0.25, 0.3) is 0 Å². The number of hydrogen-bond acceptors (Lipinski definition) is 8. The summed E-state index contributed by atoms with van der Waals surface area (Å²) in [5.41, 5.74) is 2.33. The van der Waals surface area contributed by atoms with Crippen LogP contribution in [0, 0.1) is 11.8 Å². The molecular formula is C27H29NO6S. The van der Waals surface area contributed by atoms with Crippen molar-refractivity contribution in [3.05, 3.63) is 63.5 Å². The predicted octanol–water partition coefficient (Wildman–Crippen LogP) is 4.68. The van der Waals surface area contributed by atoms with Crippen LogP contribution >= 0.6 is 11.3 Å². The van der Waals surface area contributed by atoms with Crippen LogP contribution in [0.1, 0.15) is 49.5 Å². The van der Waals surface area contributed by atoms with E-state index >= 15 is 0 Å². The SMILES string of the molecule is CCOC(=O)C1=C(C)N=C2C[C@H](c3ccccc3OC)[C@@H](C(=O)OCC)C(=O)C2[C@@H]1c1cccs1. The minimum Gasteiger partial charge on any atom is -0.496 e. The van der Waals surface area contributed by atoms with Gasteiger partial charge in [0, 0.05) is 28.1 Å². The molecule has 4 atom stereocenters. The van der Waals surface area contributed by atoms with Gasteiger partial charge in [0.2, 0.25) is 0 Å². The summed E-state index contributed by atoms with van der Waals surface area (Å²) in [7, 11) is 1.56. The topological polar surface area (TPSA) is 91.3 Å². The van der Waals surface area contributed by atoms with Crippen LogP contribution in [0.5, 0.6) is 5.75 Å². The maximum Gasteiger partial charge on any atom is 0.336 e. The zero-order valence-corrected chi connectivity index (χ0v) is 21.1. The highest BCUT2D eigenvalue weighted by atomic mass is 32.1. The Morgan fingerprint density at radius 2 is 1.80 bits per heavy atom. The molecule has 0 radical (unpaired) electrons. The van der Waals surface area contributed by atoms with Crippen LogP contribution < -0.4 is 4.74 Å². The third-order valence-corrected chi connectivity index (χ3v) is 7.53. The van der Waals surface area contributed by atoms with Crippen LogP contribution in [0.4, 0.5) is 0 Å². The highest BCUT2D eigenvalue weighted by Gasteiger charge is 2.53. The van der Waals surface area contributed by atoms with Gasteiger partial charge < -0.3 is 14.2 Å². The number of Topliss-reactive ketones (excluding diaryl/α,β-unsaturated/α-hetero) is 1. The molecule has 1 fully saturated rings. The van der Waals surface area contributed by atoms with Crippen LogP contribution in [-0.2, 0) is 23.9 Å². The number of thiophene rings is 1. The molecule has 1 aliphatic carbocycles. The number of carbonyl (C=O) groups excluding carboxylic acids is 3. The Morgan fingerprint density at radius 3 is 2.46 bits per heavy atom. The van der Waals surface area contributed by atoms with E-state index in [9.17, 15) is 14.4 Å². The molecule has 0 amide bonds. The minimum absolute atomic E-state index is 0.161. The van der Waals surface area contributed by atoms with Gasteiger partial charge in [-0.2, -0.15) is 0 Å². The number of hydrogen-bond donors (Lipinski definition) is 0. The largest absolute Gasteiger partial charge is 0.496 e. The number of carbonyl (C=O) groups is 3. The van der Waals surface area contributed by atoms with Crippen molar-refractivity contribution in [3.63, 3.8) is 0 Å². The number of methoxy groups -OCH3 is 1. The molecule has 184 valence electrons. The predicted molar refractivity (Wildman–Crippen MR) is 133 cm³/mol. The number of benzene rings is 1. The Bertz CT molecular complexity index is 1180. The molecule has 4 rings (SSSR count). The molecule has 1 unspecified atom stereocenters. The second-order valence-corrected chi connectivity index (χ2v) is 9.46. The van der Waals surface area contributed by atoms with Crippen LogP contribution in [0.15, 0.2) is 58.0 Å². The van der Waals surface area contributed by atoms with E-state index in [1.807, 2.05) is 41.8 Å². The zero-order chi connectivity index (χ0) is 25.1. The lowest BCUT2D eigenvalue weighted by Crippen LogP contribution is -2.48. The second kappa shape index (κ2) is 10.6. The number of fused-ring (bicyclic) bond motifs is 1. The summed E-state index contributed by atoms with van der Waals surface area (Å²) in [4.78, 5) is 46.1. The van der Waals surface area contributed by atoms with E-state index in [1.54, 1.807) is 27.9 Å². The highest BCUT2D eigenvalue weighted by Crippen LogP contribution is 2.50. The molecule has 0 saturated heterocycles. The van der Waals surface area contributed by atoms with Gasteiger partial charge in [-0.05, 0) is 50.3 Å². The molecule has 2 heterocycles. The summed E-state index contributed by atoms with van der Waals surface area (Å²) in [6, 6.07) is 11.2. The van der Waals surface area contributed by atoms with Crippen molar-refractivity contribution >= 4 is 34.8 Å². The molecule has 0 N–H and O–H groups in total. The first-order valence-electron chi connectivity index (χ1n) is 11.7. The van der Waals surface area contributed by atoms with Gasteiger partial charge in [-0.1, -0.05) is 24.3 Å². The lowest BCUT2D eigenvalue weighted by molar-refractivity contribution is -0.153. The summed E-state index contributed by atoms with van der Waals surface area (Å²) in [6.45, 7) is 5.61. The Kier molecular flexibility index (Phi) is 7.50. The fraction of sp³-hybridized carbons (Fsp3) is 0.407. The lowest BCUT2D eigenvalue weighted by atomic mass is 9.63. The van der Waals surface area contributed by atoms with Gasteiger partial charge in [0.1, 0.15) is 11.7 Å². The van der Waals surface area contributed by atoms with Crippen LogP contribution in [0.3, 0.4) is 0 Å². The summed E-state index contributed by atoms with van der Waals surface area (Å²) >= 11 is 1.47. The van der Waals surface area contributed by atoms with E-state index in [0.717, 1.165) is 10.4 Å². The number of para-hydroxylation sites is 1. The average molecular weight is 496 g/mol. The Balaban J connectivity index is 1.88. The fourth-order valence-electron chi connectivity index (χ4n) is 5.20. The molecule has 1 aromatic heterocycles. The second-order valence-electron chi connectivity index (χ2n) is 8.48. The van der Waals surface area contributed by atoms with Crippen molar-refractivity contribution in [1.82, 2.24) is 0 Å². The van der Waals surface area contributed by atoms with E-state index in [1.165, 1.54) is 11.3 Å². The Labute approximate surface area is 208 Å². The average Bonchev–Trinajstić information content (AvgIpc) is 3.38. The molecule has 0 spiro atoms. The smallest absolute Gasteiger partial charge is 0.336 e. The van der Waals surface area contributed by atoms with Crippen molar-refractivity contribution in [3.8, 4) is 5.75 Å². The van der Waals surface area contributed by atoms with E-state index in [0.29, 0.717) is 29.2 Å². The molecule has 35 heavy (non-hydrogen) atoms. The van der Waals surface area contributed by atoms with Gasteiger partial charge >= 0.3 is 11.9 Å². The van der Waals surface area contributed by atoms with E-state index in [4.69, 9.17) is 19.2 Å². The van der Waals surface area contributed by atoms with E-state index in [2.05, 4.69) is 0 Å². The summed E-state index contributed by atoms with van der Waals surface area (Å²) in [5, 5.41) is 1.91. The molecule has 2 aromatic rings. The third-order valence-electron chi connectivity index (χ3n) is 6.57. The standard InChI is InChI=1S/C27H29NO6S/c1-5-33-26(30)21-15(3)28-18-14-17(16-10-7-8-11-19(16)32-4)22(27(31)34-6-2)25(29)23(18)24(21)20-12-9-13-35-20/h7-13,17,22-24H,5-6,14H2,1-4H3/t17-,22-,23?,24-/m1/s1. The summed E-state index contributed by atoms with van der Waals surface area (Å²) in [6.07, 6.45) is 0.371. The van der Waals surface area contributed by atoms with Gasteiger partial charge in [-0.15, -0.1) is 11.3 Å². The van der Waals surface area contributed by atoms with Crippen molar-refractivity contribution in [2.75, 3.05) is 20.3 Å². The number of aliphatic imine (C=N–C) groups is 1. The molecule has 7 nitrogen and oxygen atoms in total. The number of esters is 2. The first-order chi connectivity index (χ1) is 16.9. The van der Waals surface area contributed by atoms with Crippen molar-refractivity contribution in [1.29, 1.82) is 0 Å². The van der Waals surface area contributed by atoms with E-state index < -0.39 is 35.6 Å². The minimum atomic E-state index is -1.04. The summed E-state index contributed by atoms with van der Waals surface area (Å²) < 4.78 is 16.3. The quantitative estimate of drug-likeness (QED) is 0.409. The molecule has 1 saturated carbocycles. The van der Waals surface area contributed by atoms with Crippen LogP contribution in [0.2, 0.25) is 0 Å². The lowest BCUT2D eigenvalue weighted by Gasteiger charge is -2.40. The molecule has 1 aromatic carbocycles. The van der Waals surface area contributed by atoms with Gasteiger partial charge in [0.15, 0.2) is 5.78 Å². The number of ether oxygens (including phenoxy) is 3. The van der Waals surface area contributed by atoms with Crippen molar-refractivity contribution < 1.29 is 28.6 Å². The maximum absolute atomic E-state index is 14.2. The van der Waals surface area contributed by atoms with Gasteiger partial charge in [-0.25, -0.2) is 4.79 Å². The van der Waals surface area contributed by atoms with Gasteiger partial charge in [-0.3, -0.25) is 14.6 Å². The number of rotatable bonds is 7. The first-order valence-corrected chi connectivity index (χ1v) is 12.6. The fourth-order valence-corrected chi connectivity index (χ4v) is 6.07. The summed E-state index contributed by atoms with van der Waals surface area (Å²) in [5.74, 6) is -3.60. The number of allylic oxidation sites excluding steroid dienone is 1. The van der Waals surface area contributed by atoms with E-state index in [-0.39, 0.29) is 19.0 Å². The molecule has 8 heteroatoms. The molecule has 1 aliphatic heterocycles. The van der Waals surface area contributed by atoms with Crippen molar-refractivity contribution in [2.45, 2.75) is 39.0 Å². The third kappa shape index (κ3) is 4.55. The maximum atomic E-state index is 14.2. The molecule has 2 aliphatic rings. The Morgan fingerprint density at radius 1 is 1.06 bits per heavy atom. The molecule has 0 bridgehead atoms. The normalized spacial score (nSPS) is 23.9. The van der Waals surface area contributed by atoms with Gasteiger partial charge in [0.25, 0.3) is 0 Å². The van der Waals surface area contributed by atoms with Gasteiger partial charge in [0.05, 0.1) is 31.8 Å². The van der Waals surface area contributed by atoms with Crippen molar-refractivity contribution in [2.24, 2.45) is 16.8 Å². The molecular weight excluding hydrogens is 466 g/mol. The van der Waals surface area contributed by atoms with Crippen LogP contribution in [-0.4, -0.2) is 43.8 Å². The highest BCUT2D eigenvalue weighted by molar-refractivity contribution is 7.10. The zero-order valence-electron chi connectivity index (χ0n) is 20.3. The number of nitrogens with zero attached hydrogens (tertiary/aromatic N) is 1. The number of ketones is 1. The monoisotopic (exact) mass is 495 g/mol. The first kappa shape index (κ1) is 24.9. The Hall–Kier alpha value is -3.26.